The number of anilines is 2. The molecule has 1 aliphatic rings. The van der Waals surface area contributed by atoms with Crippen molar-refractivity contribution < 1.29 is 32.6 Å². The fraction of sp³-hybridized carbons (Fsp3) is 0.120. The van der Waals surface area contributed by atoms with Crippen LogP contribution in [0.4, 0.5) is 29.7 Å². The summed E-state index contributed by atoms with van der Waals surface area (Å²) < 4.78 is 38.7. The van der Waals surface area contributed by atoms with E-state index < -0.39 is 41.7 Å². The second-order valence-corrected chi connectivity index (χ2v) is 7.49. The molecule has 0 radical (unpaired) electrons. The number of imide groups is 1. The Morgan fingerprint density at radius 2 is 1.44 bits per heavy atom. The summed E-state index contributed by atoms with van der Waals surface area (Å²) in [4.78, 5) is 44.5. The molecule has 36 heavy (non-hydrogen) atoms. The fourth-order valence-corrected chi connectivity index (χ4v) is 3.53. The third kappa shape index (κ3) is 4.85. The Labute approximate surface area is 204 Å². The second-order valence-electron chi connectivity index (χ2n) is 7.49. The molecule has 0 saturated carbocycles. The maximum Gasteiger partial charge on any atom is 0.347 e. The molecule has 11 heteroatoms. The van der Waals surface area contributed by atoms with Gasteiger partial charge in [0.15, 0.2) is 0 Å². The van der Waals surface area contributed by atoms with Crippen molar-refractivity contribution in [2.75, 3.05) is 31.0 Å². The summed E-state index contributed by atoms with van der Waals surface area (Å²) in [5, 5.41) is 2.56. The highest BCUT2D eigenvalue weighted by atomic mass is 19.1. The zero-order chi connectivity index (χ0) is 25.8. The van der Waals surface area contributed by atoms with Crippen LogP contribution in [0.2, 0.25) is 0 Å². The van der Waals surface area contributed by atoms with Gasteiger partial charge in [0.25, 0.3) is 5.91 Å². The molecular weight excluding hydrogens is 474 g/mol. The SMILES string of the molecule is COc1ccc(NC(=O)/N=C2\CN(C(=O)c3c(F)cccc3F)C(=O)N2c2ccc(OC)cc2)cc1. The monoisotopic (exact) mass is 494 g/mol. The summed E-state index contributed by atoms with van der Waals surface area (Å²) in [5.74, 6) is -2.47. The van der Waals surface area contributed by atoms with E-state index in [4.69, 9.17) is 9.47 Å². The molecule has 0 aromatic heterocycles. The number of hydrogen-bond donors (Lipinski definition) is 1. The summed E-state index contributed by atoms with van der Waals surface area (Å²) in [6, 6.07) is 13.8. The average molecular weight is 494 g/mol. The van der Waals surface area contributed by atoms with Crippen molar-refractivity contribution in [1.82, 2.24) is 4.90 Å². The van der Waals surface area contributed by atoms with Gasteiger partial charge in [0.2, 0.25) is 0 Å². The quantitative estimate of drug-likeness (QED) is 0.555. The Hall–Kier alpha value is -4.80. The van der Waals surface area contributed by atoms with E-state index in [2.05, 4.69) is 10.3 Å². The summed E-state index contributed by atoms with van der Waals surface area (Å²) >= 11 is 0. The van der Waals surface area contributed by atoms with Gasteiger partial charge in [0.1, 0.15) is 34.5 Å². The van der Waals surface area contributed by atoms with Gasteiger partial charge < -0.3 is 14.8 Å². The van der Waals surface area contributed by atoms with Gasteiger partial charge in [-0.3, -0.25) is 9.69 Å². The molecule has 1 N–H and O–H groups in total. The van der Waals surface area contributed by atoms with Crippen LogP contribution in [0.3, 0.4) is 0 Å². The Morgan fingerprint density at radius 1 is 0.889 bits per heavy atom. The molecule has 9 nitrogen and oxygen atoms in total. The first-order valence-electron chi connectivity index (χ1n) is 10.6. The molecule has 0 spiro atoms. The zero-order valence-electron chi connectivity index (χ0n) is 19.2. The van der Waals surface area contributed by atoms with Gasteiger partial charge in [0.05, 0.1) is 26.5 Å². The Kier molecular flexibility index (Phi) is 6.91. The number of methoxy groups -OCH3 is 2. The minimum absolute atomic E-state index is 0.124. The molecule has 5 amide bonds. The molecule has 1 heterocycles. The van der Waals surface area contributed by atoms with Crippen molar-refractivity contribution in [2.45, 2.75) is 0 Å². The molecule has 1 saturated heterocycles. The van der Waals surface area contributed by atoms with Crippen molar-refractivity contribution in [3.8, 4) is 11.5 Å². The van der Waals surface area contributed by atoms with E-state index in [-0.39, 0.29) is 11.5 Å². The number of carbonyl (C=O) groups is 3. The largest absolute Gasteiger partial charge is 0.497 e. The van der Waals surface area contributed by atoms with E-state index in [0.717, 1.165) is 23.1 Å². The number of nitrogens with zero attached hydrogens (tertiary/aromatic N) is 3. The number of halogens is 2. The Bertz CT molecular complexity index is 1320. The summed E-state index contributed by atoms with van der Waals surface area (Å²) in [6.07, 6.45) is 0. The van der Waals surface area contributed by atoms with Gasteiger partial charge in [-0.05, 0) is 60.7 Å². The number of hydrogen-bond acceptors (Lipinski definition) is 5. The number of amidine groups is 1. The van der Waals surface area contributed by atoms with E-state index in [1.54, 1.807) is 36.4 Å². The molecule has 3 aromatic carbocycles. The molecule has 0 atom stereocenters. The van der Waals surface area contributed by atoms with Crippen LogP contribution in [0, 0.1) is 11.6 Å². The fourth-order valence-electron chi connectivity index (χ4n) is 3.53. The van der Waals surface area contributed by atoms with Crippen molar-refractivity contribution >= 4 is 35.2 Å². The first-order valence-corrected chi connectivity index (χ1v) is 10.6. The highest BCUT2D eigenvalue weighted by molar-refractivity contribution is 6.29. The number of aliphatic imine (C=N–C) groups is 1. The Balaban J connectivity index is 1.68. The maximum atomic E-state index is 14.3. The topological polar surface area (TPSA) is 101 Å². The smallest absolute Gasteiger partial charge is 0.347 e. The highest BCUT2D eigenvalue weighted by Gasteiger charge is 2.41. The number of ether oxygens (including phenoxy) is 2. The molecule has 0 unspecified atom stereocenters. The van der Waals surface area contributed by atoms with E-state index in [1.165, 1.54) is 26.4 Å². The molecule has 1 aliphatic heterocycles. The standard InChI is InChI=1S/C25H20F2N4O5/c1-35-17-10-6-15(7-11-17)28-24(33)29-21-14-30(23(32)22-19(26)4-3-5-20(22)27)25(34)31(21)16-8-12-18(36-2)13-9-16/h3-13H,14H2,1-2H3,(H,28,33)/b29-21+. The van der Waals surface area contributed by atoms with E-state index in [1.807, 2.05) is 0 Å². The van der Waals surface area contributed by atoms with Crippen molar-refractivity contribution in [1.29, 1.82) is 0 Å². The molecule has 1 fully saturated rings. The Morgan fingerprint density at radius 3 is 2.00 bits per heavy atom. The van der Waals surface area contributed by atoms with E-state index in [0.29, 0.717) is 22.1 Å². The minimum Gasteiger partial charge on any atom is -0.497 e. The van der Waals surface area contributed by atoms with Crippen LogP contribution in [-0.4, -0.2) is 49.5 Å². The lowest BCUT2D eigenvalue weighted by atomic mass is 10.1. The predicted octanol–water partition coefficient (Wildman–Crippen LogP) is 4.70. The van der Waals surface area contributed by atoms with Gasteiger partial charge >= 0.3 is 12.1 Å². The molecule has 184 valence electrons. The van der Waals surface area contributed by atoms with Crippen LogP contribution in [-0.2, 0) is 0 Å². The number of carbonyl (C=O) groups excluding carboxylic acids is 3. The highest BCUT2D eigenvalue weighted by Crippen LogP contribution is 2.27. The van der Waals surface area contributed by atoms with Gasteiger partial charge in [-0.15, -0.1) is 0 Å². The van der Waals surface area contributed by atoms with Crippen LogP contribution < -0.4 is 19.7 Å². The molecular formula is C25H20F2N4O5. The third-order valence-electron chi connectivity index (χ3n) is 5.30. The van der Waals surface area contributed by atoms with Crippen LogP contribution in [0.5, 0.6) is 11.5 Å². The van der Waals surface area contributed by atoms with E-state index >= 15 is 0 Å². The first kappa shape index (κ1) is 24.3. The van der Waals surface area contributed by atoms with E-state index in [9.17, 15) is 23.2 Å². The van der Waals surface area contributed by atoms with Crippen molar-refractivity contribution in [2.24, 2.45) is 4.99 Å². The van der Waals surface area contributed by atoms with Gasteiger partial charge in [-0.2, -0.15) is 4.99 Å². The average Bonchev–Trinajstić information content (AvgIpc) is 3.19. The number of urea groups is 2. The molecule has 0 bridgehead atoms. The normalized spacial score (nSPS) is 14.2. The molecule has 0 aliphatic carbocycles. The van der Waals surface area contributed by atoms with Gasteiger partial charge in [0, 0.05) is 5.69 Å². The number of nitrogens with one attached hydrogen (secondary N) is 1. The number of benzene rings is 3. The lowest BCUT2D eigenvalue weighted by Gasteiger charge is -2.18. The van der Waals surface area contributed by atoms with Crippen LogP contribution in [0.15, 0.2) is 71.7 Å². The summed E-state index contributed by atoms with van der Waals surface area (Å²) in [5.41, 5.74) is -0.211. The number of amides is 5. The molecule has 3 aromatic rings. The number of rotatable bonds is 5. The maximum absolute atomic E-state index is 14.3. The summed E-state index contributed by atoms with van der Waals surface area (Å²) in [7, 11) is 2.97. The van der Waals surface area contributed by atoms with Crippen LogP contribution >= 0.6 is 0 Å². The lowest BCUT2D eigenvalue weighted by Crippen LogP contribution is -2.37. The van der Waals surface area contributed by atoms with Crippen molar-refractivity contribution in [3.05, 3.63) is 83.9 Å². The first-order chi connectivity index (χ1) is 17.3. The van der Waals surface area contributed by atoms with Crippen LogP contribution in [0.1, 0.15) is 10.4 Å². The third-order valence-corrected chi connectivity index (χ3v) is 5.30. The molecule has 4 rings (SSSR count). The summed E-state index contributed by atoms with van der Waals surface area (Å²) in [6.45, 7) is -0.493. The minimum atomic E-state index is -1.20. The zero-order valence-corrected chi connectivity index (χ0v) is 19.2. The predicted molar refractivity (Wildman–Crippen MR) is 128 cm³/mol. The van der Waals surface area contributed by atoms with Crippen LogP contribution in [0.25, 0.3) is 0 Å². The van der Waals surface area contributed by atoms with Gasteiger partial charge in [-0.25, -0.2) is 23.3 Å². The van der Waals surface area contributed by atoms with Gasteiger partial charge in [-0.1, -0.05) is 6.07 Å². The lowest BCUT2D eigenvalue weighted by molar-refractivity contribution is 0.0826. The second kappa shape index (κ2) is 10.2. The van der Waals surface area contributed by atoms with Crippen molar-refractivity contribution in [3.63, 3.8) is 0 Å².